The van der Waals surface area contributed by atoms with Gasteiger partial charge < -0.3 is 9.64 Å². The molecule has 0 amide bonds. The van der Waals surface area contributed by atoms with Crippen LogP contribution >= 0.6 is 0 Å². The van der Waals surface area contributed by atoms with Gasteiger partial charge in [0.15, 0.2) is 5.57 Å². The topological polar surface area (TPSA) is 53.3 Å². The lowest BCUT2D eigenvalue weighted by Gasteiger charge is -2.24. The summed E-state index contributed by atoms with van der Waals surface area (Å²) < 4.78 is 4.78. The summed E-state index contributed by atoms with van der Waals surface area (Å²) in [6.07, 6.45) is 5.10. The van der Waals surface area contributed by atoms with Crippen LogP contribution < -0.4 is 0 Å². The molecule has 0 aliphatic carbocycles. The van der Waals surface area contributed by atoms with E-state index in [2.05, 4.69) is 0 Å². The molecule has 4 heteroatoms. The number of hydrogen-bond donors (Lipinski definition) is 0. The first-order valence-electron chi connectivity index (χ1n) is 5.31. The summed E-state index contributed by atoms with van der Waals surface area (Å²) in [5.74, 6) is -0.523. The third kappa shape index (κ3) is 3.62. The number of rotatable bonds is 3. The minimum absolute atomic E-state index is 0.0961. The first-order valence-corrected chi connectivity index (χ1v) is 5.31. The molecule has 1 fully saturated rings. The second-order valence-corrected chi connectivity index (χ2v) is 3.47. The molecule has 82 valence electrons. The summed E-state index contributed by atoms with van der Waals surface area (Å²) in [6, 6.07) is 1.88. The molecule has 0 aromatic rings. The molecule has 4 nitrogen and oxygen atoms in total. The van der Waals surface area contributed by atoms with Gasteiger partial charge in [-0.3, -0.25) is 0 Å². The number of esters is 1. The number of nitrogens with zero attached hydrogens (tertiary/aromatic N) is 2. The van der Waals surface area contributed by atoms with Gasteiger partial charge in [-0.05, 0) is 26.2 Å². The number of carbonyl (C=O) groups is 1. The first-order chi connectivity index (χ1) is 7.27. The van der Waals surface area contributed by atoms with Crippen LogP contribution in [0.25, 0.3) is 0 Å². The van der Waals surface area contributed by atoms with Crippen LogP contribution in [0.2, 0.25) is 0 Å². The molecule has 1 rings (SSSR count). The monoisotopic (exact) mass is 208 g/mol. The van der Waals surface area contributed by atoms with Crippen molar-refractivity contribution in [2.24, 2.45) is 0 Å². The van der Waals surface area contributed by atoms with E-state index in [1.54, 1.807) is 13.1 Å². The summed E-state index contributed by atoms with van der Waals surface area (Å²) >= 11 is 0. The SMILES string of the molecule is CCOC(=O)/C(C#N)=C\N1CCCCC1. The molecule has 0 atom stereocenters. The number of ether oxygens (including phenoxy) is 1. The maximum Gasteiger partial charge on any atom is 0.350 e. The second kappa shape index (κ2) is 6.07. The van der Waals surface area contributed by atoms with E-state index < -0.39 is 5.97 Å². The van der Waals surface area contributed by atoms with Gasteiger partial charge in [-0.2, -0.15) is 5.26 Å². The highest BCUT2D eigenvalue weighted by Gasteiger charge is 2.13. The van der Waals surface area contributed by atoms with Crippen LogP contribution in [0.4, 0.5) is 0 Å². The Morgan fingerprint density at radius 2 is 2.13 bits per heavy atom. The zero-order valence-corrected chi connectivity index (χ0v) is 9.03. The third-order valence-electron chi connectivity index (χ3n) is 2.32. The largest absolute Gasteiger partial charge is 0.462 e. The molecule has 0 aromatic heterocycles. The number of likely N-dealkylation sites (tertiary alicyclic amines) is 1. The van der Waals surface area contributed by atoms with E-state index >= 15 is 0 Å². The minimum atomic E-state index is -0.523. The summed E-state index contributed by atoms with van der Waals surface area (Å²) in [7, 11) is 0. The Kier molecular flexibility index (Phi) is 4.69. The van der Waals surface area contributed by atoms with Crippen LogP contribution in [0.1, 0.15) is 26.2 Å². The van der Waals surface area contributed by atoms with Gasteiger partial charge in [0.05, 0.1) is 6.61 Å². The van der Waals surface area contributed by atoms with Crippen molar-refractivity contribution in [1.29, 1.82) is 5.26 Å². The molecule has 0 unspecified atom stereocenters. The van der Waals surface area contributed by atoms with Gasteiger partial charge >= 0.3 is 5.97 Å². The smallest absolute Gasteiger partial charge is 0.350 e. The van der Waals surface area contributed by atoms with Crippen molar-refractivity contribution in [1.82, 2.24) is 4.90 Å². The average Bonchev–Trinajstić information content (AvgIpc) is 2.27. The van der Waals surface area contributed by atoms with Crippen molar-refractivity contribution in [3.05, 3.63) is 11.8 Å². The fraction of sp³-hybridized carbons (Fsp3) is 0.636. The molecule has 0 saturated carbocycles. The van der Waals surface area contributed by atoms with Gasteiger partial charge in [-0.15, -0.1) is 0 Å². The zero-order chi connectivity index (χ0) is 11.1. The minimum Gasteiger partial charge on any atom is -0.462 e. The molecule has 1 saturated heterocycles. The lowest BCUT2D eigenvalue weighted by Crippen LogP contribution is -2.25. The molecular weight excluding hydrogens is 192 g/mol. The van der Waals surface area contributed by atoms with Crippen LogP contribution in [0.15, 0.2) is 11.8 Å². The molecule has 0 N–H and O–H groups in total. The highest BCUT2D eigenvalue weighted by molar-refractivity contribution is 5.92. The van der Waals surface area contributed by atoms with Gasteiger partial charge in [0.1, 0.15) is 6.07 Å². The molecular formula is C11H16N2O2. The van der Waals surface area contributed by atoms with Crippen LogP contribution in [0.3, 0.4) is 0 Å². The second-order valence-electron chi connectivity index (χ2n) is 3.47. The Bertz CT molecular complexity index is 285. The fourth-order valence-corrected chi connectivity index (χ4v) is 1.57. The standard InChI is InChI=1S/C11H16N2O2/c1-2-15-11(14)10(8-12)9-13-6-4-3-5-7-13/h9H,2-7H2,1H3/b10-9-. The quantitative estimate of drug-likeness (QED) is 0.400. The highest BCUT2D eigenvalue weighted by Crippen LogP contribution is 2.10. The molecule has 0 spiro atoms. The van der Waals surface area contributed by atoms with Gasteiger partial charge in [-0.1, -0.05) is 0 Å². The van der Waals surface area contributed by atoms with Gasteiger partial charge in [0.2, 0.25) is 0 Å². The summed E-state index contributed by atoms with van der Waals surface area (Å²) in [5, 5.41) is 8.81. The molecule has 1 heterocycles. The Labute approximate surface area is 90.1 Å². The van der Waals surface area contributed by atoms with Gasteiger partial charge in [0.25, 0.3) is 0 Å². The summed E-state index contributed by atoms with van der Waals surface area (Å²) in [6.45, 7) is 3.88. The molecule has 1 aliphatic rings. The number of carbonyl (C=O) groups excluding carboxylic acids is 1. The molecule has 0 radical (unpaired) electrons. The predicted molar refractivity (Wildman–Crippen MR) is 55.8 cm³/mol. The Hall–Kier alpha value is -1.50. The van der Waals surface area contributed by atoms with Crippen LogP contribution in [-0.4, -0.2) is 30.6 Å². The summed E-state index contributed by atoms with van der Waals surface area (Å²) in [4.78, 5) is 13.3. The number of piperidine rings is 1. The molecule has 0 aromatic carbocycles. The maximum absolute atomic E-state index is 11.3. The van der Waals surface area contributed by atoms with Crippen molar-refractivity contribution in [2.45, 2.75) is 26.2 Å². The van der Waals surface area contributed by atoms with Crippen LogP contribution in [0, 0.1) is 11.3 Å². The Morgan fingerprint density at radius 1 is 1.47 bits per heavy atom. The average molecular weight is 208 g/mol. The lowest BCUT2D eigenvalue weighted by molar-refractivity contribution is -0.138. The van der Waals surface area contributed by atoms with Crippen LogP contribution in [-0.2, 0) is 9.53 Å². The van der Waals surface area contributed by atoms with E-state index in [0.717, 1.165) is 25.9 Å². The van der Waals surface area contributed by atoms with E-state index in [1.807, 2.05) is 11.0 Å². The van der Waals surface area contributed by atoms with Gasteiger partial charge in [0, 0.05) is 19.3 Å². The van der Waals surface area contributed by atoms with Crippen molar-refractivity contribution >= 4 is 5.97 Å². The normalized spacial score (nSPS) is 17.1. The van der Waals surface area contributed by atoms with Crippen molar-refractivity contribution in [2.75, 3.05) is 19.7 Å². The first kappa shape index (κ1) is 11.6. The fourth-order valence-electron chi connectivity index (χ4n) is 1.57. The van der Waals surface area contributed by atoms with Crippen LogP contribution in [0.5, 0.6) is 0 Å². The van der Waals surface area contributed by atoms with Crippen molar-refractivity contribution < 1.29 is 9.53 Å². The van der Waals surface area contributed by atoms with Gasteiger partial charge in [-0.25, -0.2) is 4.79 Å². The van der Waals surface area contributed by atoms with Crippen molar-refractivity contribution in [3.63, 3.8) is 0 Å². The highest BCUT2D eigenvalue weighted by atomic mass is 16.5. The molecule has 15 heavy (non-hydrogen) atoms. The summed E-state index contributed by atoms with van der Waals surface area (Å²) in [5.41, 5.74) is 0.0961. The maximum atomic E-state index is 11.3. The van der Waals surface area contributed by atoms with E-state index in [1.165, 1.54) is 6.42 Å². The number of hydrogen-bond acceptors (Lipinski definition) is 4. The Balaban J connectivity index is 2.60. The lowest BCUT2D eigenvalue weighted by atomic mass is 10.1. The van der Waals surface area contributed by atoms with Crippen molar-refractivity contribution in [3.8, 4) is 6.07 Å². The van der Waals surface area contributed by atoms with E-state index in [4.69, 9.17) is 10.00 Å². The Morgan fingerprint density at radius 3 is 2.67 bits per heavy atom. The molecule has 0 bridgehead atoms. The predicted octanol–water partition coefficient (Wildman–Crippen LogP) is 1.44. The number of nitriles is 1. The van der Waals surface area contributed by atoms with E-state index in [9.17, 15) is 4.79 Å². The molecule has 1 aliphatic heterocycles. The third-order valence-corrected chi connectivity index (χ3v) is 2.32. The van der Waals surface area contributed by atoms with E-state index in [0.29, 0.717) is 6.61 Å². The zero-order valence-electron chi connectivity index (χ0n) is 9.03. The van der Waals surface area contributed by atoms with E-state index in [-0.39, 0.29) is 5.57 Å².